The van der Waals surface area contributed by atoms with E-state index in [9.17, 15) is 9.59 Å². The minimum atomic E-state index is -0.0840. The number of pyridine rings is 1. The molecule has 1 N–H and O–H groups in total. The molecule has 1 atom stereocenters. The quantitative estimate of drug-likeness (QED) is 0.763. The summed E-state index contributed by atoms with van der Waals surface area (Å²) in [7, 11) is 0. The van der Waals surface area contributed by atoms with Gasteiger partial charge in [-0.3, -0.25) is 19.3 Å². The summed E-state index contributed by atoms with van der Waals surface area (Å²) >= 11 is 0. The fourth-order valence-corrected chi connectivity index (χ4v) is 4.17. The average Bonchev–Trinajstić information content (AvgIpc) is 3.44. The number of hydrogen-bond donors (Lipinski definition) is 1. The number of nitrogens with one attached hydrogen (secondary N) is 1. The van der Waals surface area contributed by atoms with E-state index in [-0.39, 0.29) is 17.5 Å². The van der Waals surface area contributed by atoms with Crippen LogP contribution < -0.4 is 5.56 Å². The van der Waals surface area contributed by atoms with E-state index in [4.69, 9.17) is 0 Å². The van der Waals surface area contributed by atoms with Crippen molar-refractivity contribution in [3.63, 3.8) is 0 Å². The monoisotopic (exact) mass is 374 g/mol. The van der Waals surface area contributed by atoms with Crippen LogP contribution in [0.15, 0.2) is 59.7 Å². The predicted octanol–water partition coefficient (Wildman–Crippen LogP) is 2.72. The normalized spacial score (nSPS) is 18.5. The standard InChI is InChI=1S/C22H22N4O2/c27-21-3-1-2-12-25(21)17-6-4-15(5-7-17)22(28)26(18-8-9-18)19-10-11-20-16(13-19)14-23-24-20/h1-7,12,14,18-19H,8-11,13H2,(H,23,24). The Morgan fingerprint density at radius 2 is 1.89 bits per heavy atom. The van der Waals surface area contributed by atoms with Gasteiger partial charge in [-0.1, -0.05) is 6.07 Å². The Morgan fingerprint density at radius 3 is 2.64 bits per heavy atom. The lowest BCUT2D eigenvalue weighted by Crippen LogP contribution is -2.44. The summed E-state index contributed by atoms with van der Waals surface area (Å²) in [5.74, 6) is 0.0893. The number of H-pyrrole nitrogens is 1. The summed E-state index contributed by atoms with van der Waals surface area (Å²) in [6.07, 6.45) is 8.56. The zero-order valence-corrected chi connectivity index (χ0v) is 15.5. The summed E-state index contributed by atoms with van der Waals surface area (Å²) in [4.78, 5) is 27.4. The van der Waals surface area contributed by atoms with Crippen LogP contribution >= 0.6 is 0 Å². The van der Waals surface area contributed by atoms with Crippen molar-refractivity contribution in [2.75, 3.05) is 0 Å². The van der Waals surface area contributed by atoms with Gasteiger partial charge in [-0.25, -0.2) is 0 Å². The molecule has 5 rings (SSSR count). The molecule has 2 aromatic heterocycles. The highest BCUT2D eigenvalue weighted by atomic mass is 16.2. The van der Waals surface area contributed by atoms with Crippen LogP contribution in [0.25, 0.3) is 5.69 Å². The lowest BCUT2D eigenvalue weighted by Gasteiger charge is -2.34. The molecule has 0 aliphatic heterocycles. The molecule has 142 valence electrons. The Labute approximate surface area is 162 Å². The highest BCUT2D eigenvalue weighted by Gasteiger charge is 2.39. The van der Waals surface area contributed by atoms with Gasteiger partial charge >= 0.3 is 0 Å². The molecule has 6 heteroatoms. The summed E-state index contributed by atoms with van der Waals surface area (Å²) in [5, 5.41) is 7.22. The smallest absolute Gasteiger partial charge is 0.255 e. The third kappa shape index (κ3) is 3.05. The van der Waals surface area contributed by atoms with Crippen LogP contribution in [0.4, 0.5) is 0 Å². The molecule has 28 heavy (non-hydrogen) atoms. The minimum Gasteiger partial charge on any atom is -0.332 e. The zero-order valence-electron chi connectivity index (χ0n) is 15.5. The molecule has 0 saturated heterocycles. The molecule has 2 heterocycles. The fraction of sp³-hybridized carbons (Fsp3) is 0.318. The number of aromatic nitrogens is 3. The molecule has 1 fully saturated rings. The maximum atomic E-state index is 13.3. The minimum absolute atomic E-state index is 0.0840. The lowest BCUT2D eigenvalue weighted by atomic mass is 9.91. The van der Waals surface area contributed by atoms with Crippen LogP contribution in [-0.4, -0.2) is 37.7 Å². The van der Waals surface area contributed by atoms with Crippen molar-refractivity contribution in [3.8, 4) is 5.69 Å². The van der Waals surface area contributed by atoms with E-state index in [2.05, 4.69) is 15.1 Å². The SMILES string of the molecule is O=C(c1ccc(-n2ccccc2=O)cc1)N(C1CC1)C1CCc2[nH]ncc2C1. The van der Waals surface area contributed by atoms with Crippen LogP contribution in [0.2, 0.25) is 0 Å². The molecule has 6 nitrogen and oxygen atoms in total. The van der Waals surface area contributed by atoms with Crippen molar-refractivity contribution in [2.45, 2.75) is 44.2 Å². The van der Waals surface area contributed by atoms with Gasteiger partial charge in [0, 0.05) is 41.3 Å². The van der Waals surface area contributed by atoms with E-state index in [0.29, 0.717) is 11.6 Å². The molecule has 1 unspecified atom stereocenters. The molecule has 0 radical (unpaired) electrons. The topological polar surface area (TPSA) is 71.0 Å². The first-order valence-electron chi connectivity index (χ1n) is 9.82. The Morgan fingerprint density at radius 1 is 1.07 bits per heavy atom. The van der Waals surface area contributed by atoms with Crippen LogP contribution in [0.1, 0.15) is 40.9 Å². The predicted molar refractivity (Wildman–Crippen MR) is 106 cm³/mol. The summed E-state index contributed by atoms with van der Waals surface area (Å²) in [6.45, 7) is 0. The molecule has 3 aromatic rings. The van der Waals surface area contributed by atoms with Gasteiger partial charge in [0.1, 0.15) is 0 Å². The summed E-state index contributed by atoms with van der Waals surface area (Å²) in [5.41, 5.74) is 3.79. The number of carbonyl (C=O) groups is 1. The van der Waals surface area contributed by atoms with E-state index < -0.39 is 0 Å². The summed E-state index contributed by atoms with van der Waals surface area (Å²) < 4.78 is 1.58. The summed E-state index contributed by atoms with van der Waals surface area (Å²) in [6, 6.07) is 13.0. The largest absolute Gasteiger partial charge is 0.332 e. The van der Waals surface area contributed by atoms with Gasteiger partial charge in [-0.05, 0) is 68.0 Å². The van der Waals surface area contributed by atoms with Crippen molar-refractivity contribution in [1.82, 2.24) is 19.7 Å². The molecule has 0 spiro atoms. The third-order valence-corrected chi connectivity index (χ3v) is 5.77. The molecular weight excluding hydrogens is 352 g/mol. The maximum absolute atomic E-state index is 13.3. The Kier molecular flexibility index (Phi) is 4.11. The lowest BCUT2D eigenvalue weighted by molar-refractivity contribution is 0.0643. The second kappa shape index (κ2) is 6.78. The number of carbonyl (C=O) groups excluding carboxylic acids is 1. The second-order valence-electron chi connectivity index (χ2n) is 7.67. The van der Waals surface area contributed by atoms with E-state index in [1.165, 1.54) is 17.3 Å². The van der Waals surface area contributed by atoms with Gasteiger partial charge in [0.25, 0.3) is 11.5 Å². The Bertz CT molecular complexity index is 1060. The van der Waals surface area contributed by atoms with Gasteiger partial charge in [-0.15, -0.1) is 0 Å². The molecule has 1 amide bonds. The fourth-order valence-electron chi connectivity index (χ4n) is 4.17. The van der Waals surface area contributed by atoms with Crippen molar-refractivity contribution < 1.29 is 4.79 Å². The van der Waals surface area contributed by atoms with Gasteiger partial charge in [0.05, 0.1) is 6.20 Å². The first-order valence-corrected chi connectivity index (χ1v) is 9.82. The van der Waals surface area contributed by atoms with Gasteiger partial charge in [0.15, 0.2) is 0 Å². The van der Waals surface area contributed by atoms with Crippen molar-refractivity contribution >= 4 is 5.91 Å². The zero-order chi connectivity index (χ0) is 19.1. The van der Waals surface area contributed by atoms with Crippen molar-refractivity contribution in [1.29, 1.82) is 0 Å². The number of hydrogen-bond acceptors (Lipinski definition) is 3. The third-order valence-electron chi connectivity index (χ3n) is 5.77. The molecule has 2 aliphatic rings. The Hall–Kier alpha value is -3.15. The molecular formula is C22H22N4O2. The highest BCUT2D eigenvalue weighted by Crippen LogP contribution is 2.34. The van der Waals surface area contributed by atoms with Crippen LogP contribution in [-0.2, 0) is 12.8 Å². The van der Waals surface area contributed by atoms with E-state index in [0.717, 1.165) is 37.8 Å². The van der Waals surface area contributed by atoms with Gasteiger partial charge in [-0.2, -0.15) is 5.10 Å². The molecule has 0 bridgehead atoms. The number of rotatable bonds is 4. The number of amides is 1. The van der Waals surface area contributed by atoms with E-state index >= 15 is 0 Å². The number of fused-ring (bicyclic) bond motifs is 1. The number of nitrogens with zero attached hydrogens (tertiary/aromatic N) is 3. The highest BCUT2D eigenvalue weighted by molar-refractivity contribution is 5.95. The first-order chi connectivity index (χ1) is 13.7. The second-order valence-corrected chi connectivity index (χ2v) is 7.67. The maximum Gasteiger partial charge on any atom is 0.255 e. The van der Waals surface area contributed by atoms with Crippen LogP contribution in [0.3, 0.4) is 0 Å². The molecule has 1 saturated carbocycles. The Balaban J connectivity index is 1.40. The van der Waals surface area contributed by atoms with Crippen molar-refractivity contribution in [3.05, 3.63) is 82.0 Å². The van der Waals surface area contributed by atoms with Gasteiger partial charge in [0.2, 0.25) is 0 Å². The first kappa shape index (κ1) is 17.0. The number of aryl methyl sites for hydroxylation is 1. The van der Waals surface area contributed by atoms with Crippen LogP contribution in [0, 0.1) is 0 Å². The van der Waals surface area contributed by atoms with Crippen LogP contribution in [0.5, 0.6) is 0 Å². The number of benzene rings is 1. The number of aromatic amines is 1. The van der Waals surface area contributed by atoms with E-state index in [1.807, 2.05) is 36.5 Å². The van der Waals surface area contributed by atoms with Gasteiger partial charge < -0.3 is 4.90 Å². The molecule has 2 aliphatic carbocycles. The molecule has 1 aromatic carbocycles. The van der Waals surface area contributed by atoms with E-state index in [1.54, 1.807) is 16.8 Å². The van der Waals surface area contributed by atoms with Crippen molar-refractivity contribution in [2.24, 2.45) is 0 Å². The average molecular weight is 374 g/mol.